The Morgan fingerprint density at radius 1 is 1.27 bits per heavy atom. The molecule has 2 unspecified atom stereocenters. The Hall–Kier alpha value is -1.53. The van der Waals surface area contributed by atoms with Crippen LogP contribution in [0.1, 0.15) is 12.5 Å². The lowest BCUT2D eigenvalue weighted by atomic mass is 10.2. The molecule has 2 aromatic rings. The van der Waals surface area contributed by atoms with Gasteiger partial charge in [0, 0.05) is 26.7 Å². The van der Waals surface area contributed by atoms with Crippen molar-refractivity contribution in [2.75, 3.05) is 5.32 Å². The molecule has 0 saturated heterocycles. The van der Waals surface area contributed by atoms with E-state index < -0.39 is 21.9 Å². The van der Waals surface area contributed by atoms with Crippen LogP contribution in [0.4, 0.5) is 10.1 Å². The Labute approximate surface area is 139 Å². The number of hydrogen-bond donors (Lipinski definition) is 1. The van der Waals surface area contributed by atoms with E-state index in [0.29, 0.717) is 5.69 Å². The van der Waals surface area contributed by atoms with Crippen molar-refractivity contribution in [1.82, 2.24) is 0 Å². The van der Waals surface area contributed by atoms with Gasteiger partial charge < -0.3 is 5.32 Å². The van der Waals surface area contributed by atoms with Gasteiger partial charge in [-0.1, -0.05) is 34.1 Å². The molecule has 0 saturated carbocycles. The summed E-state index contributed by atoms with van der Waals surface area (Å²) in [6.45, 7) is 1.60. The summed E-state index contributed by atoms with van der Waals surface area (Å²) in [4.78, 5) is 12.1. The van der Waals surface area contributed by atoms with Crippen molar-refractivity contribution in [3.63, 3.8) is 0 Å². The highest BCUT2D eigenvalue weighted by Crippen LogP contribution is 2.15. The van der Waals surface area contributed by atoms with Crippen molar-refractivity contribution in [2.45, 2.75) is 17.9 Å². The van der Waals surface area contributed by atoms with Crippen LogP contribution < -0.4 is 5.32 Å². The number of carbonyl (C=O) groups is 1. The molecule has 0 aromatic heterocycles. The van der Waals surface area contributed by atoms with Crippen LogP contribution in [-0.4, -0.2) is 15.4 Å². The third kappa shape index (κ3) is 4.74. The average molecular weight is 384 g/mol. The normalized spacial score (nSPS) is 13.4. The Morgan fingerprint density at radius 3 is 2.68 bits per heavy atom. The molecule has 0 aliphatic carbocycles. The first-order valence-corrected chi connectivity index (χ1v) is 8.81. The molecule has 0 heterocycles. The smallest absolute Gasteiger partial charge is 0.239 e. The first-order chi connectivity index (χ1) is 10.5. The first kappa shape index (κ1) is 16.8. The van der Waals surface area contributed by atoms with Crippen LogP contribution in [0.15, 0.2) is 53.0 Å². The molecule has 6 heteroatoms. The molecule has 116 valence electrons. The number of nitrogens with one attached hydrogen (secondary N) is 1. The molecule has 0 aliphatic rings. The summed E-state index contributed by atoms with van der Waals surface area (Å²) < 4.78 is 26.3. The molecular weight excluding hydrogens is 369 g/mol. The van der Waals surface area contributed by atoms with E-state index >= 15 is 0 Å². The number of amides is 1. The lowest BCUT2D eigenvalue weighted by Crippen LogP contribution is -2.29. The van der Waals surface area contributed by atoms with E-state index in [9.17, 15) is 13.4 Å². The molecule has 0 aliphatic heterocycles. The van der Waals surface area contributed by atoms with Gasteiger partial charge in [0.2, 0.25) is 5.91 Å². The molecule has 3 nitrogen and oxygen atoms in total. The van der Waals surface area contributed by atoms with E-state index in [4.69, 9.17) is 0 Å². The lowest BCUT2D eigenvalue weighted by Gasteiger charge is -2.12. The van der Waals surface area contributed by atoms with E-state index in [0.717, 1.165) is 10.0 Å². The standard InChI is InChI=1S/C16H15BrFNO2S/c1-11(16(20)19-15-7-3-6-14(18)9-15)22(21)10-12-4-2-5-13(17)8-12/h2-9,11H,10H2,1H3,(H,19,20). The summed E-state index contributed by atoms with van der Waals surface area (Å²) in [6, 6.07) is 13.1. The Bertz CT molecular complexity index is 649. The summed E-state index contributed by atoms with van der Waals surface area (Å²) in [7, 11) is -1.36. The van der Waals surface area contributed by atoms with Gasteiger partial charge in [0.25, 0.3) is 0 Å². The quantitative estimate of drug-likeness (QED) is 0.851. The van der Waals surface area contributed by atoms with Gasteiger partial charge in [-0.15, -0.1) is 0 Å². The molecule has 2 rings (SSSR count). The van der Waals surface area contributed by atoms with Crippen molar-refractivity contribution in [2.24, 2.45) is 0 Å². The van der Waals surface area contributed by atoms with E-state index in [1.54, 1.807) is 13.0 Å². The molecule has 0 spiro atoms. The molecule has 0 radical (unpaired) electrons. The fourth-order valence-corrected chi connectivity index (χ4v) is 3.35. The topological polar surface area (TPSA) is 46.2 Å². The number of halogens is 2. The maximum atomic E-state index is 13.1. The van der Waals surface area contributed by atoms with Gasteiger partial charge >= 0.3 is 0 Å². The predicted molar refractivity (Wildman–Crippen MR) is 90.5 cm³/mol. The highest BCUT2D eigenvalue weighted by Gasteiger charge is 2.20. The maximum absolute atomic E-state index is 13.1. The van der Waals surface area contributed by atoms with Crippen molar-refractivity contribution >= 4 is 38.3 Å². The Kier molecular flexibility index (Phi) is 5.85. The fraction of sp³-hybridized carbons (Fsp3) is 0.188. The average Bonchev–Trinajstić information content (AvgIpc) is 2.46. The Morgan fingerprint density at radius 2 is 2.00 bits per heavy atom. The second-order valence-corrected chi connectivity index (χ2v) is 7.47. The minimum absolute atomic E-state index is 0.289. The summed E-state index contributed by atoms with van der Waals surface area (Å²) in [5, 5.41) is 1.89. The van der Waals surface area contributed by atoms with Gasteiger partial charge in [0.05, 0.1) is 0 Å². The van der Waals surface area contributed by atoms with Crippen LogP contribution in [0, 0.1) is 5.82 Å². The largest absolute Gasteiger partial charge is 0.325 e. The van der Waals surface area contributed by atoms with E-state index in [2.05, 4.69) is 21.2 Å². The van der Waals surface area contributed by atoms with Crippen molar-refractivity contribution in [3.8, 4) is 0 Å². The zero-order valence-corrected chi connectivity index (χ0v) is 14.3. The summed E-state index contributed by atoms with van der Waals surface area (Å²) in [6.07, 6.45) is 0. The second-order valence-electron chi connectivity index (χ2n) is 4.80. The van der Waals surface area contributed by atoms with Crippen LogP contribution >= 0.6 is 15.9 Å². The van der Waals surface area contributed by atoms with Crippen molar-refractivity contribution in [1.29, 1.82) is 0 Å². The minimum Gasteiger partial charge on any atom is -0.325 e. The number of hydrogen-bond acceptors (Lipinski definition) is 2. The van der Waals surface area contributed by atoms with Crippen LogP contribution in [0.3, 0.4) is 0 Å². The lowest BCUT2D eigenvalue weighted by molar-refractivity contribution is -0.115. The molecule has 0 fully saturated rings. The van der Waals surface area contributed by atoms with Gasteiger partial charge in [-0.05, 0) is 42.8 Å². The monoisotopic (exact) mass is 383 g/mol. The molecule has 2 atom stereocenters. The van der Waals surface area contributed by atoms with Gasteiger partial charge in [-0.25, -0.2) is 4.39 Å². The van der Waals surface area contributed by atoms with Gasteiger partial charge in [0.15, 0.2) is 0 Å². The fourth-order valence-electron chi connectivity index (χ4n) is 1.85. The summed E-state index contributed by atoms with van der Waals surface area (Å²) in [5.41, 5.74) is 1.24. The maximum Gasteiger partial charge on any atom is 0.239 e. The zero-order chi connectivity index (χ0) is 16.1. The number of carbonyl (C=O) groups excluding carboxylic acids is 1. The summed E-state index contributed by atoms with van der Waals surface area (Å²) in [5.74, 6) is -0.531. The molecule has 0 bridgehead atoms. The molecule has 22 heavy (non-hydrogen) atoms. The Balaban J connectivity index is 1.99. The number of rotatable bonds is 5. The van der Waals surface area contributed by atoms with Crippen molar-refractivity contribution < 1.29 is 13.4 Å². The first-order valence-electron chi connectivity index (χ1n) is 6.64. The van der Waals surface area contributed by atoms with Crippen LogP contribution in [0.2, 0.25) is 0 Å². The van der Waals surface area contributed by atoms with Crippen molar-refractivity contribution in [3.05, 3.63) is 64.4 Å². The van der Waals surface area contributed by atoms with E-state index in [1.807, 2.05) is 24.3 Å². The third-order valence-corrected chi connectivity index (χ3v) is 5.17. The van der Waals surface area contributed by atoms with E-state index in [-0.39, 0.29) is 11.7 Å². The molecular formula is C16H15BrFNO2S. The molecule has 1 N–H and O–H groups in total. The highest BCUT2D eigenvalue weighted by molar-refractivity contribution is 9.10. The summed E-state index contributed by atoms with van der Waals surface area (Å²) >= 11 is 3.36. The van der Waals surface area contributed by atoms with Gasteiger partial charge in [-0.2, -0.15) is 0 Å². The molecule has 1 amide bonds. The third-order valence-electron chi connectivity index (χ3n) is 3.05. The zero-order valence-electron chi connectivity index (χ0n) is 11.9. The minimum atomic E-state index is -1.36. The molecule has 2 aromatic carbocycles. The SMILES string of the molecule is CC(C(=O)Nc1cccc(F)c1)S(=O)Cc1cccc(Br)c1. The van der Waals surface area contributed by atoms with E-state index in [1.165, 1.54) is 18.2 Å². The highest BCUT2D eigenvalue weighted by atomic mass is 79.9. The number of anilines is 1. The van der Waals surface area contributed by atoms with Crippen LogP contribution in [0.5, 0.6) is 0 Å². The van der Waals surface area contributed by atoms with Gasteiger partial charge in [-0.3, -0.25) is 9.00 Å². The van der Waals surface area contributed by atoms with Gasteiger partial charge in [0.1, 0.15) is 11.1 Å². The second kappa shape index (κ2) is 7.65. The predicted octanol–water partition coefficient (Wildman–Crippen LogP) is 3.86. The van der Waals surface area contributed by atoms with Crippen LogP contribution in [-0.2, 0) is 21.3 Å². The number of benzene rings is 2. The van der Waals surface area contributed by atoms with Crippen LogP contribution in [0.25, 0.3) is 0 Å².